The lowest BCUT2D eigenvalue weighted by atomic mass is 9.43. The number of amides is 1. The molecule has 0 saturated heterocycles. The average molecular weight is 531 g/mol. The van der Waals surface area contributed by atoms with Gasteiger partial charge in [0.25, 0.3) is 0 Å². The minimum absolute atomic E-state index is 0.00554. The summed E-state index contributed by atoms with van der Waals surface area (Å²) in [5.41, 5.74) is -0.637. The number of aliphatic hydroxyl groups is 1. The van der Waals surface area contributed by atoms with Crippen LogP contribution in [0.1, 0.15) is 78.6 Å². The van der Waals surface area contributed by atoms with E-state index in [-0.39, 0.29) is 41.0 Å². The Hall–Kier alpha value is -1.60. The Labute approximate surface area is 229 Å². The number of cyclic esters (lactones) is 1. The Bertz CT molecular complexity index is 953. The summed E-state index contributed by atoms with van der Waals surface area (Å²) in [6.07, 6.45) is 12.4. The number of carbonyl (C=O) groups is 2. The molecule has 1 N–H and O–H groups in total. The first-order valence-corrected chi connectivity index (χ1v) is 15.1. The minimum atomic E-state index is -0.665. The van der Waals surface area contributed by atoms with Gasteiger partial charge in [0.1, 0.15) is 12.2 Å². The zero-order chi connectivity index (χ0) is 27.5. The molecule has 7 nitrogen and oxygen atoms in total. The Kier molecular flexibility index (Phi) is 7.43. The summed E-state index contributed by atoms with van der Waals surface area (Å²) in [5.74, 6) is 1.62. The highest BCUT2D eigenvalue weighted by molar-refractivity contribution is 5.83. The van der Waals surface area contributed by atoms with Gasteiger partial charge in [-0.15, -0.1) is 0 Å². The molecular weight excluding hydrogens is 480 g/mol. The first kappa shape index (κ1) is 27.9. The highest BCUT2D eigenvalue weighted by Crippen LogP contribution is 2.70. The van der Waals surface area contributed by atoms with Crippen LogP contribution in [0.4, 0.5) is 4.79 Å². The molecule has 38 heavy (non-hydrogen) atoms. The van der Waals surface area contributed by atoms with Crippen LogP contribution in [0.25, 0.3) is 0 Å². The molecule has 0 aromatic carbocycles. The van der Waals surface area contributed by atoms with Gasteiger partial charge in [-0.2, -0.15) is 0 Å². The lowest BCUT2D eigenvalue weighted by molar-refractivity contribution is -0.214. The summed E-state index contributed by atoms with van der Waals surface area (Å²) in [6, 6.07) is 0. The fourth-order valence-electron chi connectivity index (χ4n) is 9.73. The average Bonchev–Trinajstić information content (AvgIpc) is 3.13. The molecule has 10 atom stereocenters. The van der Waals surface area contributed by atoms with Crippen LogP contribution in [0.3, 0.4) is 0 Å². The third kappa shape index (κ3) is 4.49. The van der Waals surface area contributed by atoms with Crippen molar-refractivity contribution in [1.29, 1.82) is 0 Å². The lowest BCUT2D eigenvalue weighted by Crippen LogP contribution is -2.63. The maximum absolute atomic E-state index is 12.7. The van der Waals surface area contributed by atoms with Crippen LogP contribution >= 0.6 is 0 Å². The molecule has 0 radical (unpaired) electrons. The van der Waals surface area contributed by atoms with Gasteiger partial charge < -0.3 is 24.4 Å². The second-order valence-corrected chi connectivity index (χ2v) is 14.1. The first-order chi connectivity index (χ1) is 17.9. The van der Waals surface area contributed by atoms with E-state index in [1.54, 1.807) is 11.0 Å². The molecule has 0 aromatic heterocycles. The van der Waals surface area contributed by atoms with E-state index in [9.17, 15) is 14.7 Å². The fraction of sp³-hybridized carbons (Fsp3) is 0.871. The van der Waals surface area contributed by atoms with Crippen LogP contribution in [0.15, 0.2) is 12.2 Å². The van der Waals surface area contributed by atoms with Crippen LogP contribution in [-0.4, -0.2) is 79.0 Å². The maximum Gasteiger partial charge on any atom is 0.409 e. The second-order valence-electron chi connectivity index (χ2n) is 14.1. The van der Waals surface area contributed by atoms with Crippen molar-refractivity contribution in [3.05, 3.63) is 12.2 Å². The predicted octanol–water partition coefficient (Wildman–Crippen LogP) is 4.88. The summed E-state index contributed by atoms with van der Waals surface area (Å²) >= 11 is 0. The number of esters is 1. The number of fused-ring (bicyclic) bond motifs is 5. The second kappa shape index (κ2) is 10.1. The topological polar surface area (TPSA) is 79.3 Å². The molecule has 10 unspecified atom stereocenters. The highest BCUT2D eigenvalue weighted by atomic mass is 16.6. The fourth-order valence-corrected chi connectivity index (χ4v) is 9.73. The molecule has 5 aliphatic rings. The monoisotopic (exact) mass is 530 g/mol. The number of likely N-dealkylation sites (N-methyl/N-ethyl adjacent to an activating group) is 2. The quantitative estimate of drug-likeness (QED) is 0.511. The van der Waals surface area contributed by atoms with Crippen molar-refractivity contribution in [3.63, 3.8) is 0 Å². The molecule has 1 aliphatic heterocycles. The van der Waals surface area contributed by atoms with Crippen LogP contribution in [-0.2, 0) is 14.3 Å². The zero-order valence-electron chi connectivity index (χ0n) is 24.4. The van der Waals surface area contributed by atoms with Gasteiger partial charge in [0.15, 0.2) is 0 Å². The van der Waals surface area contributed by atoms with E-state index < -0.39 is 5.60 Å². The zero-order valence-corrected chi connectivity index (χ0v) is 24.4. The SMILES string of the molecule is CC1OC(=O)C=CC1C1CCC2(O)C3CCC4CC(OC(=O)N(C)CCN(C)C)CCC4(C)C3CCC12C. The number of carbonyl (C=O) groups excluding carboxylic acids is 2. The molecule has 1 amide bonds. The third-order valence-electron chi connectivity index (χ3n) is 12.1. The first-order valence-electron chi connectivity index (χ1n) is 15.1. The van der Waals surface area contributed by atoms with Gasteiger partial charge in [-0.05, 0) is 108 Å². The maximum atomic E-state index is 12.7. The smallest absolute Gasteiger partial charge is 0.409 e. The molecule has 4 fully saturated rings. The van der Waals surface area contributed by atoms with Crippen molar-refractivity contribution >= 4 is 12.1 Å². The molecule has 0 spiro atoms. The van der Waals surface area contributed by atoms with E-state index >= 15 is 0 Å². The number of hydrogen-bond donors (Lipinski definition) is 1. The van der Waals surface area contributed by atoms with Gasteiger partial charge in [-0.25, -0.2) is 9.59 Å². The summed E-state index contributed by atoms with van der Waals surface area (Å²) in [6.45, 7) is 8.30. The third-order valence-corrected chi connectivity index (χ3v) is 12.1. The van der Waals surface area contributed by atoms with E-state index in [1.165, 1.54) is 0 Å². The molecule has 5 rings (SSSR count). The molecule has 4 saturated carbocycles. The largest absolute Gasteiger partial charge is 0.459 e. The molecule has 7 heteroatoms. The summed E-state index contributed by atoms with van der Waals surface area (Å²) in [5, 5.41) is 12.5. The van der Waals surface area contributed by atoms with E-state index in [0.717, 1.165) is 64.3 Å². The Morgan fingerprint density at radius 2 is 1.76 bits per heavy atom. The molecule has 4 aliphatic carbocycles. The normalized spacial score (nSPS) is 46.1. The van der Waals surface area contributed by atoms with Crippen LogP contribution in [0.5, 0.6) is 0 Å². The molecule has 214 valence electrons. The number of nitrogens with zero attached hydrogens (tertiary/aromatic N) is 2. The predicted molar refractivity (Wildman–Crippen MR) is 146 cm³/mol. The molecule has 1 heterocycles. The van der Waals surface area contributed by atoms with E-state index in [0.29, 0.717) is 30.2 Å². The van der Waals surface area contributed by atoms with Gasteiger partial charge >= 0.3 is 12.1 Å². The van der Waals surface area contributed by atoms with Crippen molar-refractivity contribution in [2.24, 2.45) is 40.4 Å². The van der Waals surface area contributed by atoms with Crippen LogP contribution in [0, 0.1) is 40.4 Å². The Balaban J connectivity index is 1.27. The standard InChI is InChI=1S/C31H50N2O5/c1-20-23(8-10-27(34)37-20)24-13-16-31(36)26-9-7-21-19-22(38-28(35)33(6)18-17-32(4)5)11-14-29(21,2)25(26)12-15-30(24,31)3/h8,10,20-26,36H,7,9,11-19H2,1-6H3. The Morgan fingerprint density at radius 1 is 1.03 bits per heavy atom. The number of rotatable bonds is 5. The van der Waals surface area contributed by atoms with Gasteiger partial charge in [0, 0.05) is 37.5 Å². The summed E-state index contributed by atoms with van der Waals surface area (Å²) < 4.78 is 11.6. The van der Waals surface area contributed by atoms with E-state index in [4.69, 9.17) is 9.47 Å². The van der Waals surface area contributed by atoms with Crippen molar-refractivity contribution in [2.45, 2.75) is 96.4 Å². The van der Waals surface area contributed by atoms with Crippen molar-refractivity contribution in [1.82, 2.24) is 9.80 Å². The van der Waals surface area contributed by atoms with Crippen molar-refractivity contribution < 1.29 is 24.2 Å². The van der Waals surface area contributed by atoms with Gasteiger partial charge in [0.2, 0.25) is 0 Å². The molecule has 0 bridgehead atoms. The van der Waals surface area contributed by atoms with Crippen molar-refractivity contribution in [2.75, 3.05) is 34.2 Å². The van der Waals surface area contributed by atoms with Crippen LogP contribution < -0.4 is 0 Å². The number of ether oxygens (including phenoxy) is 2. The molecule has 0 aromatic rings. The number of hydrogen-bond acceptors (Lipinski definition) is 6. The Morgan fingerprint density at radius 3 is 2.47 bits per heavy atom. The minimum Gasteiger partial charge on any atom is -0.459 e. The van der Waals surface area contributed by atoms with Crippen molar-refractivity contribution in [3.8, 4) is 0 Å². The van der Waals surface area contributed by atoms with E-state index in [1.807, 2.05) is 28.1 Å². The molecular formula is C31H50N2O5. The van der Waals surface area contributed by atoms with Gasteiger partial charge in [-0.1, -0.05) is 19.9 Å². The van der Waals surface area contributed by atoms with Crippen LogP contribution in [0.2, 0.25) is 0 Å². The summed E-state index contributed by atoms with van der Waals surface area (Å²) in [4.78, 5) is 28.3. The van der Waals surface area contributed by atoms with Gasteiger partial charge in [0.05, 0.1) is 5.60 Å². The summed E-state index contributed by atoms with van der Waals surface area (Å²) in [7, 11) is 5.85. The van der Waals surface area contributed by atoms with Gasteiger partial charge in [-0.3, -0.25) is 0 Å². The highest BCUT2D eigenvalue weighted by Gasteiger charge is 2.68. The lowest BCUT2D eigenvalue weighted by Gasteiger charge is -2.64. The van der Waals surface area contributed by atoms with E-state index in [2.05, 4.69) is 24.8 Å².